The summed E-state index contributed by atoms with van der Waals surface area (Å²) in [6.45, 7) is 0.549. The summed E-state index contributed by atoms with van der Waals surface area (Å²) in [5, 5.41) is 10.9. The molecular weight excluding hydrogens is 340 g/mol. The number of amides is 1. The van der Waals surface area contributed by atoms with Crippen LogP contribution in [0.1, 0.15) is 15.9 Å². The number of ether oxygens (including phenoxy) is 1. The number of methoxy groups -OCH3 is 1. The van der Waals surface area contributed by atoms with Crippen LogP contribution in [-0.2, 0) is 6.42 Å². The summed E-state index contributed by atoms with van der Waals surface area (Å²) in [6.07, 6.45) is 6.29. The molecule has 0 aliphatic rings. The van der Waals surface area contributed by atoms with Gasteiger partial charge in [0.15, 0.2) is 0 Å². The van der Waals surface area contributed by atoms with E-state index in [1.54, 1.807) is 25.6 Å². The van der Waals surface area contributed by atoms with Gasteiger partial charge in [-0.2, -0.15) is 5.10 Å². The molecule has 136 valence electrons. The Morgan fingerprint density at radius 3 is 2.85 bits per heavy atom. The highest BCUT2D eigenvalue weighted by Crippen LogP contribution is 2.26. The standard InChI is InChI=1S/C21H20N4O2/c1-27-20-10-14(16-12-24-25-13-16)6-7-18(20)21(26)22-9-8-15-11-23-19-5-3-2-4-17(15)19/h2-7,10-13,23H,8-9H2,1H3,(H,22,26)(H,24,25). The van der Waals surface area contributed by atoms with E-state index in [2.05, 4.69) is 26.6 Å². The van der Waals surface area contributed by atoms with Crippen LogP contribution < -0.4 is 10.1 Å². The van der Waals surface area contributed by atoms with Gasteiger partial charge in [-0.15, -0.1) is 0 Å². The number of benzene rings is 2. The second kappa shape index (κ2) is 7.37. The number of carbonyl (C=O) groups excluding carboxylic acids is 1. The quantitative estimate of drug-likeness (QED) is 0.492. The average Bonchev–Trinajstić information content (AvgIpc) is 3.38. The van der Waals surface area contributed by atoms with Gasteiger partial charge in [0.1, 0.15) is 5.75 Å². The molecule has 0 aliphatic heterocycles. The van der Waals surface area contributed by atoms with E-state index in [4.69, 9.17) is 4.74 Å². The van der Waals surface area contributed by atoms with Gasteiger partial charge in [0.2, 0.25) is 0 Å². The van der Waals surface area contributed by atoms with Crippen molar-refractivity contribution in [1.82, 2.24) is 20.5 Å². The van der Waals surface area contributed by atoms with Crippen molar-refractivity contribution in [1.29, 1.82) is 0 Å². The first-order valence-corrected chi connectivity index (χ1v) is 8.76. The molecule has 0 atom stereocenters. The fourth-order valence-corrected chi connectivity index (χ4v) is 3.21. The first-order chi connectivity index (χ1) is 13.3. The SMILES string of the molecule is COc1cc(-c2cn[nH]c2)ccc1C(=O)NCCc1c[nH]c2ccccc12. The molecule has 3 N–H and O–H groups in total. The first kappa shape index (κ1) is 16.9. The average molecular weight is 360 g/mol. The van der Waals surface area contributed by atoms with Crippen LogP contribution in [-0.4, -0.2) is 34.7 Å². The van der Waals surface area contributed by atoms with Crippen LogP contribution in [0.25, 0.3) is 22.0 Å². The number of rotatable bonds is 6. The molecular formula is C21H20N4O2. The van der Waals surface area contributed by atoms with E-state index >= 15 is 0 Å². The van der Waals surface area contributed by atoms with Gasteiger partial charge < -0.3 is 15.0 Å². The molecule has 6 nitrogen and oxygen atoms in total. The summed E-state index contributed by atoms with van der Waals surface area (Å²) in [6, 6.07) is 13.7. The number of hydrogen-bond donors (Lipinski definition) is 3. The van der Waals surface area contributed by atoms with Crippen LogP contribution in [0, 0.1) is 0 Å². The number of nitrogens with one attached hydrogen (secondary N) is 3. The van der Waals surface area contributed by atoms with Crippen molar-refractivity contribution in [3.63, 3.8) is 0 Å². The summed E-state index contributed by atoms with van der Waals surface area (Å²) in [7, 11) is 1.57. The van der Waals surface area contributed by atoms with Crippen molar-refractivity contribution in [2.24, 2.45) is 0 Å². The van der Waals surface area contributed by atoms with Gasteiger partial charge in [-0.1, -0.05) is 24.3 Å². The van der Waals surface area contributed by atoms with E-state index in [1.165, 1.54) is 10.9 Å². The van der Waals surface area contributed by atoms with Crippen molar-refractivity contribution in [3.8, 4) is 16.9 Å². The number of fused-ring (bicyclic) bond motifs is 1. The molecule has 0 radical (unpaired) electrons. The minimum atomic E-state index is -0.148. The van der Waals surface area contributed by atoms with Gasteiger partial charge in [0.25, 0.3) is 5.91 Å². The number of nitrogens with zero attached hydrogens (tertiary/aromatic N) is 1. The van der Waals surface area contributed by atoms with E-state index in [-0.39, 0.29) is 5.91 Å². The molecule has 0 unspecified atom stereocenters. The van der Waals surface area contributed by atoms with Crippen molar-refractivity contribution in [2.45, 2.75) is 6.42 Å². The highest BCUT2D eigenvalue weighted by atomic mass is 16.5. The van der Waals surface area contributed by atoms with Crippen LogP contribution in [0.2, 0.25) is 0 Å². The number of aromatic nitrogens is 3. The lowest BCUT2D eigenvalue weighted by atomic mass is 10.1. The molecule has 2 aromatic heterocycles. The van der Waals surface area contributed by atoms with Crippen LogP contribution in [0.3, 0.4) is 0 Å². The van der Waals surface area contributed by atoms with Gasteiger partial charge in [0, 0.05) is 35.4 Å². The maximum absolute atomic E-state index is 12.6. The Morgan fingerprint density at radius 1 is 1.15 bits per heavy atom. The van der Waals surface area contributed by atoms with Gasteiger partial charge in [-0.3, -0.25) is 9.89 Å². The third-order valence-corrected chi connectivity index (χ3v) is 4.63. The van der Waals surface area contributed by atoms with Crippen LogP contribution in [0.4, 0.5) is 0 Å². The molecule has 0 saturated heterocycles. The van der Waals surface area contributed by atoms with Crippen molar-refractivity contribution >= 4 is 16.8 Å². The molecule has 0 saturated carbocycles. The summed E-state index contributed by atoms with van der Waals surface area (Å²) < 4.78 is 5.42. The minimum absolute atomic E-state index is 0.148. The Balaban J connectivity index is 1.45. The molecule has 0 spiro atoms. The summed E-state index contributed by atoms with van der Waals surface area (Å²) in [5.41, 5.74) is 4.70. The van der Waals surface area contributed by atoms with E-state index < -0.39 is 0 Å². The molecule has 4 aromatic rings. The normalized spacial score (nSPS) is 10.9. The lowest BCUT2D eigenvalue weighted by molar-refractivity contribution is 0.0951. The highest BCUT2D eigenvalue weighted by molar-refractivity contribution is 5.97. The topological polar surface area (TPSA) is 82.8 Å². The number of para-hydroxylation sites is 1. The molecule has 0 bridgehead atoms. The number of H-pyrrole nitrogens is 2. The largest absolute Gasteiger partial charge is 0.496 e. The Labute approximate surface area is 156 Å². The summed E-state index contributed by atoms with van der Waals surface area (Å²) in [5.74, 6) is 0.392. The first-order valence-electron chi connectivity index (χ1n) is 8.76. The second-order valence-corrected chi connectivity index (χ2v) is 6.27. The molecule has 27 heavy (non-hydrogen) atoms. The molecule has 1 amide bonds. The Bertz CT molecular complexity index is 1070. The third kappa shape index (κ3) is 3.42. The predicted octanol–water partition coefficient (Wildman–Crippen LogP) is 3.54. The van der Waals surface area contributed by atoms with E-state index in [0.717, 1.165) is 23.1 Å². The zero-order valence-electron chi connectivity index (χ0n) is 15.0. The van der Waals surface area contributed by atoms with Gasteiger partial charge >= 0.3 is 0 Å². The molecule has 4 rings (SSSR count). The van der Waals surface area contributed by atoms with E-state index in [1.807, 2.05) is 36.5 Å². The second-order valence-electron chi connectivity index (χ2n) is 6.27. The predicted molar refractivity (Wildman–Crippen MR) is 105 cm³/mol. The van der Waals surface area contributed by atoms with Crippen molar-refractivity contribution < 1.29 is 9.53 Å². The molecule has 6 heteroatoms. The third-order valence-electron chi connectivity index (χ3n) is 4.63. The smallest absolute Gasteiger partial charge is 0.255 e. The number of hydrogen-bond acceptors (Lipinski definition) is 3. The molecule has 2 aromatic carbocycles. The van der Waals surface area contributed by atoms with Crippen LogP contribution in [0.5, 0.6) is 5.75 Å². The lowest BCUT2D eigenvalue weighted by Gasteiger charge is -2.11. The van der Waals surface area contributed by atoms with E-state index in [9.17, 15) is 4.79 Å². The van der Waals surface area contributed by atoms with Crippen molar-refractivity contribution in [2.75, 3.05) is 13.7 Å². The zero-order chi connectivity index (χ0) is 18.6. The van der Waals surface area contributed by atoms with Gasteiger partial charge in [0.05, 0.1) is 18.9 Å². The fourth-order valence-electron chi connectivity index (χ4n) is 3.21. The summed E-state index contributed by atoms with van der Waals surface area (Å²) in [4.78, 5) is 15.9. The molecule has 2 heterocycles. The van der Waals surface area contributed by atoms with Crippen LogP contribution in [0.15, 0.2) is 61.1 Å². The fraction of sp³-hybridized carbons (Fsp3) is 0.143. The number of aromatic amines is 2. The van der Waals surface area contributed by atoms with E-state index in [0.29, 0.717) is 17.9 Å². The minimum Gasteiger partial charge on any atom is -0.496 e. The monoisotopic (exact) mass is 360 g/mol. The van der Waals surface area contributed by atoms with Gasteiger partial charge in [-0.05, 0) is 35.7 Å². The number of carbonyl (C=O) groups is 1. The molecule has 0 aliphatic carbocycles. The maximum Gasteiger partial charge on any atom is 0.255 e. The van der Waals surface area contributed by atoms with Gasteiger partial charge in [-0.25, -0.2) is 0 Å². The summed E-state index contributed by atoms with van der Waals surface area (Å²) >= 11 is 0. The van der Waals surface area contributed by atoms with Crippen molar-refractivity contribution in [3.05, 3.63) is 72.2 Å². The highest BCUT2D eigenvalue weighted by Gasteiger charge is 2.14. The Kier molecular flexibility index (Phi) is 4.61. The Hall–Kier alpha value is -3.54. The maximum atomic E-state index is 12.6. The lowest BCUT2D eigenvalue weighted by Crippen LogP contribution is -2.26. The molecule has 0 fully saturated rings. The Morgan fingerprint density at radius 2 is 2.04 bits per heavy atom. The van der Waals surface area contributed by atoms with Crippen LogP contribution >= 0.6 is 0 Å². The zero-order valence-corrected chi connectivity index (χ0v) is 15.0.